The van der Waals surface area contributed by atoms with Crippen LogP contribution >= 0.6 is 39.9 Å². The fourth-order valence-corrected chi connectivity index (χ4v) is 6.74. The van der Waals surface area contributed by atoms with E-state index in [-0.39, 0.29) is 34.4 Å². The Kier molecular flexibility index (Phi) is 5.60. The third kappa shape index (κ3) is 3.12. The zero-order valence-corrected chi connectivity index (χ0v) is 15.2. The molecule has 0 amide bonds. The fraction of sp³-hybridized carbons (Fsp3) is 0.538. The van der Waals surface area contributed by atoms with E-state index in [1.807, 2.05) is 0 Å². The van der Waals surface area contributed by atoms with Gasteiger partial charge in [-0.25, -0.2) is 8.42 Å². The molecular formula is C13H17BrCl2N2O2S. The maximum absolute atomic E-state index is 13.0. The highest BCUT2D eigenvalue weighted by Gasteiger charge is 2.44. The summed E-state index contributed by atoms with van der Waals surface area (Å²) in [6.07, 6.45) is 2.71. The molecule has 2 aliphatic heterocycles. The van der Waals surface area contributed by atoms with Crippen molar-refractivity contribution in [1.82, 2.24) is 9.62 Å². The molecule has 2 unspecified atom stereocenters. The highest BCUT2D eigenvalue weighted by atomic mass is 79.9. The van der Waals surface area contributed by atoms with Crippen LogP contribution in [0.5, 0.6) is 0 Å². The number of sulfonamides is 1. The van der Waals surface area contributed by atoms with Crippen LogP contribution in [0.3, 0.4) is 0 Å². The first-order valence-electron chi connectivity index (χ1n) is 6.70. The minimum absolute atomic E-state index is 0. The van der Waals surface area contributed by atoms with Crippen molar-refractivity contribution in [2.75, 3.05) is 13.1 Å². The Balaban J connectivity index is 0.00000161. The van der Waals surface area contributed by atoms with E-state index in [1.165, 1.54) is 0 Å². The Morgan fingerprint density at radius 3 is 2.67 bits per heavy atom. The molecule has 0 aliphatic carbocycles. The van der Waals surface area contributed by atoms with E-state index in [1.54, 1.807) is 22.5 Å². The van der Waals surface area contributed by atoms with Crippen molar-refractivity contribution in [2.24, 2.45) is 0 Å². The van der Waals surface area contributed by atoms with Gasteiger partial charge in [0.05, 0.1) is 5.02 Å². The number of hydrogen-bond acceptors (Lipinski definition) is 3. The molecule has 2 saturated heterocycles. The van der Waals surface area contributed by atoms with Crippen molar-refractivity contribution in [3.8, 4) is 0 Å². The molecule has 2 heterocycles. The Morgan fingerprint density at radius 2 is 1.95 bits per heavy atom. The van der Waals surface area contributed by atoms with Gasteiger partial charge in [-0.05, 0) is 53.9 Å². The summed E-state index contributed by atoms with van der Waals surface area (Å²) in [6, 6.07) is 5.21. The summed E-state index contributed by atoms with van der Waals surface area (Å²) in [6.45, 7) is 1.59. The molecule has 0 radical (unpaired) electrons. The maximum atomic E-state index is 13.0. The lowest BCUT2D eigenvalue weighted by molar-refractivity contribution is 0.334. The van der Waals surface area contributed by atoms with Crippen LogP contribution in [-0.4, -0.2) is 37.9 Å². The lowest BCUT2D eigenvalue weighted by Crippen LogP contribution is -2.42. The van der Waals surface area contributed by atoms with Crippen LogP contribution in [0, 0.1) is 0 Å². The molecule has 0 spiro atoms. The van der Waals surface area contributed by atoms with E-state index >= 15 is 0 Å². The number of rotatable bonds is 2. The summed E-state index contributed by atoms with van der Waals surface area (Å²) in [7, 11) is -3.57. The van der Waals surface area contributed by atoms with Crippen molar-refractivity contribution < 1.29 is 8.42 Å². The lowest BCUT2D eigenvalue weighted by atomic mass is 10.1. The molecule has 2 aliphatic rings. The van der Waals surface area contributed by atoms with Crippen LogP contribution in [0.25, 0.3) is 0 Å². The minimum atomic E-state index is -3.57. The highest BCUT2D eigenvalue weighted by Crippen LogP contribution is 2.38. The molecule has 1 aromatic rings. The van der Waals surface area contributed by atoms with E-state index < -0.39 is 10.0 Å². The molecule has 2 atom stereocenters. The Labute approximate surface area is 144 Å². The average molecular weight is 416 g/mol. The fourth-order valence-electron chi connectivity index (χ4n) is 3.17. The predicted octanol–water partition coefficient (Wildman–Crippen LogP) is 3.04. The van der Waals surface area contributed by atoms with Crippen LogP contribution in [0.4, 0.5) is 0 Å². The second kappa shape index (κ2) is 6.72. The first kappa shape index (κ1) is 17.5. The van der Waals surface area contributed by atoms with Crippen molar-refractivity contribution in [1.29, 1.82) is 0 Å². The molecule has 0 saturated carbocycles. The van der Waals surface area contributed by atoms with Gasteiger partial charge in [0, 0.05) is 23.1 Å². The van der Waals surface area contributed by atoms with Gasteiger partial charge in [-0.15, -0.1) is 12.4 Å². The number of hydrogen-bond donors (Lipinski definition) is 1. The standard InChI is InChI=1S/C13H16BrClN2O2S.ClH/c14-11-2-1-3-12(15)13(11)20(18,19)17-9-4-5-10(17)8-16-7-6-9;/h1-3,9-10,16H,4-8H2;1H. The number of benzene rings is 1. The number of fused-ring (bicyclic) bond motifs is 2. The van der Waals surface area contributed by atoms with Crippen LogP contribution in [0.2, 0.25) is 5.02 Å². The molecule has 1 N–H and O–H groups in total. The van der Waals surface area contributed by atoms with Crippen LogP contribution in [-0.2, 0) is 10.0 Å². The number of nitrogens with zero attached hydrogens (tertiary/aromatic N) is 1. The molecule has 2 fully saturated rings. The van der Waals surface area contributed by atoms with Crippen LogP contribution < -0.4 is 5.32 Å². The molecule has 1 aromatic carbocycles. The van der Waals surface area contributed by atoms with Crippen molar-refractivity contribution >= 4 is 50.0 Å². The average Bonchev–Trinajstić information content (AvgIpc) is 2.63. The van der Waals surface area contributed by atoms with Gasteiger partial charge in [-0.2, -0.15) is 4.31 Å². The first-order valence-corrected chi connectivity index (χ1v) is 9.31. The summed E-state index contributed by atoms with van der Waals surface area (Å²) >= 11 is 9.46. The quantitative estimate of drug-likeness (QED) is 0.807. The highest BCUT2D eigenvalue weighted by molar-refractivity contribution is 9.10. The van der Waals surface area contributed by atoms with Gasteiger partial charge in [0.25, 0.3) is 0 Å². The summed E-state index contributed by atoms with van der Waals surface area (Å²) in [5, 5.41) is 3.58. The van der Waals surface area contributed by atoms with E-state index in [0.29, 0.717) is 4.47 Å². The molecular weight excluding hydrogens is 399 g/mol. The predicted molar refractivity (Wildman–Crippen MR) is 89.7 cm³/mol. The van der Waals surface area contributed by atoms with Gasteiger partial charge < -0.3 is 5.32 Å². The second-order valence-electron chi connectivity index (χ2n) is 5.26. The monoisotopic (exact) mass is 414 g/mol. The third-order valence-corrected chi connectivity index (χ3v) is 7.50. The van der Waals surface area contributed by atoms with Gasteiger partial charge >= 0.3 is 0 Å². The van der Waals surface area contributed by atoms with Gasteiger partial charge in [-0.3, -0.25) is 0 Å². The van der Waals surface area contributed by atoms with Crippen LogP contribution in [0.1, 0.15) is 19.3 Å². The smallest absolute Gasteiger partial charge is 0.246 e. The topological polar surface area (TPSA) is 49.4 Å². The maximum Gasteiger partial charge on any atom is 0.246 e. The van der Waals surface area contributed by atoms with Gasteiger partial charge in [-0.1, -0.05) is 17.7 Å². The molecule has 21 heavy (non-hydrogen) atoms. The number of halogens is 3. The summed E-state index contributed by atoms with van der Waals surface area (Å²) < 4.78 is 28.3. The van der Waals surface area contributed by atoms with Crippen molar-refractivity contribution in [3.63, 3.8) is 0 Å². The van der Waals surface area contributed by atoms with Gasteiger partial charge in [0.15, 0.2) is 0 Å². The Morgan fingerprint density at radius 1 is 1.24 bits per heavy atom. The second-order valence-corrected chi connectivity index (χ2v) is 8.31. The van der Waals surface area contributed by atoms with E-state index in [9.17, 15) is 8.42 Å². The molecule has 0 aromatic heterocycles. The van der Waals surface area contributed by atoms with Gasteiger partial charge in [0.2, 0.25) is 10.0 Å². The summed E-state index contributed by atoms with van der Waals surface area (Å²) in [5.74, 6) is 0. The molecule has 8 heteroatoms. The molecule has 2 bridgehead atoms. The minimum Gasteiger partial charge on any atom is -0.315 e. The normalized spacial score (nSPS) is 26.2. The van der Waals surface area contributed by atoms with Crippen molar-refractivity contribution in [2.45, 2.75) is 36.2 Å². The third-order valence-electron chi connectivity index (χ3n) is 4.04. The van der Waals surface area contributed by atoms with E-state index in [2.05, 4.69) is 21.2 Å². The molecule has 3 rings (SSSR count). The van der Waals surface area contributed by atoms with E-state index in [0.717, 1.165) is 32.4 Å². The zero-order chi connectivity index (χ0) is 14.3. The van der Waals surface area contributed by atoms with Gasteiger partial charge in [0.1, 0.15) is 4.90 Å². The van der Waals surface area contributed by atoms with Crippen molar-refractivity contribution in [3.05, 3.63) is 27.7 Å². The largest absolute Gasteiger partial charge is 0.315 e. The Bertz CT molecular complexity index is 592. The van der Waals surface area contributed by atoms with Crippen LogP contribution in [0.15, 0.2) is 27.6 Å². The molecule has 118 valence electrons. The zero-order valence-electron chi connectivity index (χ0n) is 11.3. The lowest BCUT2D eigenvalue weighted by Gasteiger charge is -2.27. The van der Waals surface area contributed by atoms with E-state index in [4.69, 9.17) is 11.6 Å². The summed E-state index contributed by atoms with van der Waals surface area (Å²) in [4.78, 5) is 0.195. The number of nitrogens with one attached hydrogen (secondary N) is 1. The SMILES string of the molecule is Cl.O=S(=O)(c1c(Cl)cccc1Br)N1C2CCNCC1CC2. The molecule has 4 nitrogen and oxygen atoms in total. The summed E-state index contributed by atoms with van der Waals surface area (Å²) in [5.41, 5.74) is 0. The first-order chi connectivity index (χ1) is 9.51. The Hall–Kier alpha value is 0.150.